The lowest BCUT2D eigenvalue weighted by atomic mass is 10.1. The lowest BCUT2D eigenvalue weighted by Gasteiger charge is -2.17. The van der Waals surface area contributed by atoms with Crippen LogP contribution in [0, 0.1) is 17.8 Å². The number of benzene rings is 1. The molecule has 0 heterocycles. The second-order valence-corrected chi connectivity index (χ2v) is 5.34. The van der Waals surface area contributed by atoms with Gasteiger partial charge in [-0.05, 0) is 37.0 Å². The molecule has 2 rings (SSSR count). The van der Waals surface area contributed by atoms with Gasteiger partial charge in [0.1, 0.15) is 0 Å². The van der Waals surface area contributed by atoms with Crippen LogP contribution in [0.15, 0.2) is 24.3 Å². The van der Waals surface area contributed by atoms with Crippen LogP contribution in [0.2, 0.25) is 0 Å². The molecule has 2 atom stereocenters. The molecule has 106 valence electrons. The summed E-state index contributed by atoms with van der Waals surface area (Å²) in [5.74, 6) is 6.36. The van der Waals surface area contributed by atoms with Gasteiger partial charge in [0.15, 0.2) is 0 Å². The first-order valence-corrected chi connectivity index (χ1v) is 7.21. The summed E-state index contributed by atoms with van der Waals surface area (Å²) < 4.78 is 0. The lowest BCUT2D eigenvalue weighted by molar-refractivity contribution is 0.0929. The summed E-state index contributed by atoms with van der Waals surface area (Å²) in [7, 11) is 0. The Hall–Kier alpha value is -1.79. The summed E-state index contributed by atoms with van der Waals surface area (Å²) in [4.78, 5) is 12.2. The lowest BCUT2D eigenvalue weighted by Crippen LogP contribution is -2.36. The molecule has 3 nitrogen and oxygen atoms in total. The maximum Gasteiger partial charge on any atom is 0.251 e. The number of aliphatic hydroxyl groups excluding tert-OH is 1. The fourth-order valence-corrected chi connectivity index (χ4v) is 2.57. The van der Waals surface area contributed by atoms with Gasteiger partial charge in [0.05, 0.1) is 6.61 Å². The van der Waals surface area contributed by atoms with E-state index in [1.807, 2.05) is 18.2 Å². The quantitative estimate of drug-likeness (QED) is 0.829. The summed E-state index contributed by atoms with van der Waals surface area (Å²) >= 11 is 0. The zero-order valence-corrected chi connectivity index (χ0v) is 11.9. The van der Waals surface area contributed by atoms with E-state index in [1.54, 1.807) is 6.07 Å². The van der Waals surface area contributed by atoms with E-state index >= 15 is 0 Å². The first-order valence-electron chi connectivity index (χ1n) is 7.21. The molecular weight excluding hydrogens is 250 g/mol. The third-order valence-corrected chi connectivity index (χ3v) is 3.77. The highest BCUT2D eigenvalue weighted by molar-refractivity contribution is 5.94. The van der Waals surface area contributed by atoms with E-state index in [0.29, 0.717) is 23.9 Å². The minimum absolute atomic E-state index is 0.0189. The van der Waals surface area contributed by atoms with Crippen molar-refractivity contribution < 1.29 is 9.90 Å². The molecule has 1 fully saturated rings. The van der Waals surface area contributed by atoms with Crippen LogP contribution in [0.4, 0.5) is 0 Å². The monoisotopic (exact) mass is 271 g/mol. The summed E-state index contributed by atoms with van der Waals surface area (Å²) in [5.41, 5.74) is 1.46. The maximum absolute atomic E-state index is 12.2. The Bertz CT molecular complexity index is 527. The molecule has 0 saturated heterocycles. The van der Waals surface area contributed by atoms with Crippen LogP contribution >= 0.6 is 0 Å². The average Bonchev–Trinajstić information content (AvgIpc) is 2.85. The fraction of sp³-hybridized carbons (Fsp3) is 0.471. The van der Waals surface area contributed by atoms with E-state index in [-0.39, 0.29) is 12.5 Å². The highest BCUT2D eigenvalue weighted by atomic mass is 16.2. The standard InChI is InChI=1S/C17H21NO2/c1-13-6-4-10-16(13)18-17(20)15-9-5-8-14(12-15)7-2-3-11-19/h5,8-9,12-13,16,19H,3-4,6,10-11H2,1H3,(H,18,20). The molecule has 0 spiro atoms. The van der Waals surface area contributed by atoms with E-state index < -0.39 is 0 Å². The van der Waals surface area contributed by atoms with Gasteiger partial charge in [0.25, 0.3) is 5.91 Å². The molecule has 1 saturated carbocycles. The van der Waals surface area contributed by atoms with Crippen LogP contribution < -0.4 is 5.32 Å². The van der Waals surface area contributed by atoms with E-state index in [4.69, 9.17) is 5.11 Å². The Kier molecular flexibility index (Phi) is 5.20. The van der Waals surface area contributed by atoms with Crippen molar-refractivity contribution in [1.82, 2.24) is 5.32 Å². The molecule has 0 aromatic heterocycles. The second kappa shape index (κ2) is 7.12. The van der Waals surface area contributed by atoms with Gasteiger partial charge in [-0.2, -0.15) is 0 Å². The van der Waals surface area contributed by atoms with Gasteiger partial charge in [0, 0.05) is 23.6 Å². The van der Waals surface area contributed by atoms with Crippen molar-refractivity contribution in [1.29, 1.82) is 0 Å². The number of hydrogen-bond acceptors (Lipinski definition) is 2. The molecule has 2 unspecified atom stereocenters. The van der Waals surface area contributed by atoms with Gasteiger partial charge in [-0.3, -0.25) is 4.79 Å². The van der Waals surface area contributed by atoms with Crippen molar-refractivity contribution >= 4 is 5.91 Å². The van der Waals surface area contributed by atoms with Gasteiger partial charge in [-0.1, -0.05) is 31.3 Å². The Morgan fingerprint density at radius 2 is 2.30 bits per heavy atom. The Morgan fingerprint density at radius 3 is 3.00 bits per heavy atom. The van der Waals surface area contributed by atoms with Crippen LogP contribution in [-0.4, -0.2) is 23.7 Å². The summed E-state index contributed by atoms with van der Waals surface area (Å²) in [5, 5.41) is 11.8. The first-order chi connectivity index (χ1) is 9.70. The van der Waals surface area contributed by atoms with Crippen molar-refractivity contribution in [2.75, 3.05) is 6.61 Å². The number of hydrogen-bond donors (Lipinski definition) is 2. The van der Waals surface area contributed by atoms with Crippen LogP contribution in [0.5, 0.6) is 0 Å². The van der Waals surface area contributed by atoms with E-state index in [9.17, 15) is 4.79 Å². The van der Waals surface area contributed by atoms with Crippen LogP contribution in [-0.2, 0) is 0 Å². The van der Waals surface area contributed by atoms with Crippen molar-refractivity contribution in [2.24, 2.45) is 5.92 Å². The topological polar surface area (TPSA) is 49.3 Å². The van der Waals surface area contributed by atoms with Crippen LogP contribution in [0.25, 0.3) is 0 Å². The van der Waals surface area contributed by atoms with Crippen molar-refractivity contribution in [3.05, 3.63) is 35.4 Å². The van der Waals surface area contributed by atoms with Gasteiger partial charge in [-0.25, -0.2) is 0 Å². The molecule has 1 aromatic rings. The molecular formula is C17H21NO2. The van der Waals surface area contributed by atoms with Gasteiger partial charge in [-0.15, -0.1) is 0 Å². The SMILES string of the molecule is CC1CCCC1NC(=O)c1cccc(C#CCCO)c1. The minimum Gasteiger partial charge on any atom is -0.395 e. The van der Waals surface area contributed by atoms with Gasteiger partial charge >= 0.3 is 0 Å². The molecule has 0 aliphatic heterocycles. The predicted octanol–water partition coefficient (Wildman–Crippen LogP) is 2.34. The Balaban J connectivity index is 2.03. The van der Waals surface area contributed by atoms with Crippen molar-refractivity contribution in [3.63, 3.8) is 0 Å². The van der Waals surface area contributed by atoms with E-state index in [1.165, 1.54) is 12.8 Å². The van der Waals surface area contributed by atoms with Gasteiger partial charge < -0.3 is 10.4 Å². The zero-order valence-electron chi connectivity index (χ0n) is 11.9. The van der Waals surface area contributed by atoms with E-state index in [0.717, 1.165) is 12.0 Å². The van der Waals surface area contributed by atoms with Crippen LogP contribution in [0.3, 0.4) is 0 Å². The molecule has 1 aromatic carbocycles. The number of aliphatic hydroxyl groups is 1. The third kappa shape index (κ3) is 3.85. The van der Waals surface area contributed by atoms with E-state index in [2.05, 4.69) is 24.1 Å². The molecule has 3 heteroatoms. The second-order valence-electron chi connectivity index (χ2n) is 5.34. The molecule has 1 amide bonds. The molecule has 1 aliphatic carbocycles. The molecule has 20 heavy (non-hydrogen) atoms. The minimum atomic E-state index is -0.0189. The Morgan fingerprint density at radius 1 is 1.45 bits per heavy atom. The zero-order chi connectivity index (χ0) is 14.4. The van der Waals surface area contributed by atoms with Crippen LogP contribution in [0.1, 0.15) is 48.5 Å². The first kappa shape index (κ1) is 14.6. The number of amides is 1. The van der Waals surface area contributed by atoms with Crippen molar-refractivity contribution in [2.45, 2.75) is 38.6 Å². The summed E-state index contributed by atoms with van der Waals surface area (Å²) in [6, 6.07) is 7.63. The maximum atomic E-state index is 12.2. The number of rotatable bonds is 3. The summed E-state index contributed by atoms with van der Waals surface area (Å²) in [6.07, 6.45) is 3.91. The Labute approximate surface area is 120 Å². The molecule has 0 radical (unpaired) electrons. The number of nitrogens with one attached hydrogen (secondary N) is 1. The number of carbonyl (C=O) groups is 1. The number of carbonyl (C=O) groups excluding carboxylic acids is 1. The summed E-state index contributed by atoms with van der Waals surface area (Å²) in [6.45, 7) is 2.25. The largest absolute Gasteiger partial charge is 0.395 e. The highest BCUT2D eigenvalue weighted by Crippen LogP contribution is 2.25. The molecule has 2 N–H and O–H groups in total. The fourth-order valence-electron chi connectivity index (χ4n) is 2.57. The highest BCUT2D eigenvalue weighted by Gasteiger charge is 2.24. The smallest absolute Gasteiger partial charge is 0.251 e. The average molecular weight is 271 g/mol. The predicted molar refractivity (Wildman–Crippen MR) is 79.3 cm³/mol. The third-order valence-electron chi connectivity index (χ3n) is 3.77. The van der Waals surface area contributed by atoms with Gasteiger partial charge in [0.2, 0.25) is 0 Å². The molecule has 0 bridgehead atoms. The molecule has 1 aliphatic rings. The van der Waals surface area contributed by atoms with Crippen molar-refractivity contribution in [3.8, 4) is 11.8 Å². The normalized spacial score (nSPS) is 21.1.